The van der Waals surface area contributed by atoms with Gasteiger partial charge in [0.15, 0.2) is 11.6 Å². The van der Waals surface area contributed by atoms with Crippen molar-refractivity contribution in [3.05, 3.63) is 42.0 Å². The van der Waals surface area contributed by atoms with Crippen LogP contribution in [0.1, 0.15) is 31.4 Å². The summed E-state index contributed by atoms with van der Waals surface area (Å²) in [6.45, 7) is 3.35. The lowest BCUT2D eigenvalue weighted by atomic mass is 10.2. The first-order chi connectivity index (χ1) is 14.5. The lowest BCUT2D eigenvalue weighted by Gasteiger charge is -2.28. The predicted molar refractivity (Wildman–Crippen MR) is 105 cm³/mol. The molecule has 0 saturated carbocycles. The second-order valence-corrected chi connectivity index (χ2v) is 6.94. The van der Waals surface area contributed by atoms with Crippen LogP contribution in [0.5, 0.6) is 0 Å². The van der Waals surface area contributed by atoms with Crippen LogP contribution in [-0.2, 0) is 19.3 Å². The number of hydrogen-bond acceptors (Lipinski definition) is 7. The highest BCUT2D eigenvalue weighted by atomic mass is 19.4. The molecule has 0 unspecified atom stereocenters. The van der Waals surface area contributed by atoms with Crippen molar-refractivity contribution in [3.63, 3.8) is 0 Å². The van der Waals surface area contributed by atoms with Crippen LogP contribution in [0.15, 0.2) is 30.3 Å². The van der Waals surface area contributed by atoms with Crippen molar-refractivity contribution in [2.75, 3.05) is 23.3 Å². The Morgan fingerprint density at radius 3 is 2.57 bits per heavy atom. The maximum Gasteiger partial charge on any atom is 0.451 e. The molecule has 3 aromatic rings. The van der Waals surface area contributed by atoms with Crippen LogP contribution in [0.25, 0.3) is 11.4 Å². The summed E-state index contributed by atoms with van der Waals surface area (Å²) in [4.78, 5) is 15.4. The van der Waals surface area contributed by atoms with Crippen molar-refractivity contribution in [3.8, 4) is 11.4 Å². The minimum atomic E-state index is -4.53. The quantitative estimate of drug-likeness (QED) is 0.615. The summed E-state index contributed by atoms with van der Waals surface area (Å²) in [5.74, 6) is 0.596. The Bertz CT molecular complexity index is 1000. The van der Waals surface area contributed by atoms with Crippen LogP contribution >= 0.6 is 0 Å². The van der Waals surface area contributed by atoms with Gasteiger partial charge < -0.3 is 14.8 Å². The number of nitrogens with one attached hydrogen (secondary N) is 1. The fourth-order valence-corrected chi connectivity index (χ4v) is 3.22. The highest BCUT2D eigenvalue weighted by molar-refractivity contribution is 5.58. The van der Waals surface area contributed by atoms with E-state index in [9.17, 15) is 13.2 Å². The molecule has 0 bridgehead atoms. The van der Waals surface area contributed by atoms with Crippen molar-refractivity contribution in [1.29, 1.82) is 0 Å². The van der Waals surface area contributed by atoms with Crippen molar-refractivity contribution in [2.45, 2.75) is 39.0 Å². The number of alkyl halides is 3. The molecule has 30 heavy (non-hydrogen) atoms. The molecule has 1 aliphatic heterocycles. The maximum absolute atomic E-state index is 13.1. The molecule has 0 atom stereocenters. The van der Waals surface area contributed by atoms with E-state index in [1.165, 1.54) is 0 Å². The van der Waals surface area contributed by atoms with Crippen LogP contribution in [0.3, 0.4) is 0 Å². The van der Waals surface area contributed by atoms with Gasteiger partial charge in [-0.15, -0.1) is 10.2 Å². The molecule has 4 rings (SSSR count). The van der Waals surface area contributed by atoms with Gasteiger partial charge in [0.2, 0.25) is 17.7 Å². The molecule has 0 radical (unpaired) electrons. The zero-order valence-electron chi connectivity index (χ0n) is 16.4. The molecule has 0 fully saturated rings. The molecule has 0 aliphatic carbocycles. The molecule has 1 N–H and O–H groups in total. The van der Waals surface area contributed by atoms with Crippen LogP contribution < -0.4 is 10.2 Å². The largest absolute Gasteiger partial charge is 0.451 e. The van der Waals surface area contributed by atoms with Gasteiger partial charge in [0.05, 0.1) is 6.54 Å². The number of anilines is 2. The number of benzene rings is 1. The molecule has 2 aromatic heterocycles. The minimum Gasteiger partial charge on any atom is -0.354 e. The smallest absolute Gasteiger partial charge is 0.354 e. The summed E-state index contributed by atoms with van der Waals surface area (Å²) in [5, 5.41) is 10.3. The summed E-state index contributed by atoms with van der Waals surface area (Å²) < 4.78 is 40.4. The first kappa shape index (κ1) is 20.0. The predicted octanol–water partition coefficient (Wildman–Crippen LogP) is 3.38. The van der Waals surface area contributed by atoms with Gasteiger partial charge >= 0.3 is 6.18 Å². The average molecular weight is 418 g/mol. The van der Waals surface area contributed by atoms with E-state index in [2.05, 4.69) is 37.4 Å². The fraction of sp³-hybridized carbons (Fsp3) is 0.421. The third-order valence-electron chi connectivity index (χ3n) is 4.76. The SMILES string of the molecule is CCCCNc1nc(-c2ccccc2)nc(N2CCn3c(nnc3C(F)(F)F)C2)n1. The molecular weight excluding hydrogens is 397 g/mol. The van der Waals surface area contributed by atoms with Gasteiger partial charge in [-0.05, 0) is 6.42 Å². The topological polar surface area (TPSA) is 84.7 Å². The Labute approximate surface area is 171 Å². The van der Waals surface area contributed by atoms with Crippen molar-refractivity contribution in [1.82, 2.24) is 29.7 Å². The average Bonchev–Trinajstić information content (AvgIpc) is 3.18. The van der Waals surface area contributed by atoms with E-state index in [-0.39, 0.29) is 18.9 Å². The number of halogens is 3. The molecule has 1 aromatic carbocycles. The number of fused-ring (bicyclic) bond motifs is 1. The number of hydrogen-bond donors (Lipinski definition) is 1. The Hall–Kier alpha value is -3.24. The summed E-state index contributed by atoms with van der Waals surface area (Å²) in [5.41, 5.74) is 0.833. The highest BCUT2D eigenvalue weighted by Gasteiger charge is 2.39. The number of unbranched alkanes of at least 4 members (excludes halogenated alkanes) is 1. The van der Waals surface area contributed by atoms with Gasteiger partial charge in [-0.25, -0.2) is 0 Å². The standard InChI is InChI=1S/C19H21F3N8/c1-2-3-9-23-17-24-15(13-7-5-4-6-8-13)25-18(26-17)29-10-11-30-14(12-29)27-28-16(30)19(20,21)22/h4-8H,2-3,9-12H2,1H3,(H,23,24,25,26). The zero-order valence-corrected chi connectivity index (χ0v) is 16.4. The zero-order chi connectivity index (χ0) is 21.1. The van der Waals surface area contributed by atoms with Crippen molar-refractivity contribution in [2.24, 2.45) is 0 Å². The molecule has 8 nitrogen and oxygen atoms in total. The van der Waals surface area contributed by atoms with Gasteiger partial charge in [-0.1, -0.05) is 43.7 Å². The van der Waals surface area contributed by atoms with Gasteiger partial charge in [-0.2, -0.15) is 28.1 Å². The van der Waals surface area contributed by atoms with Crippen molar-refractivity contribution >= 4 is 11.9 Å². The molecule has 0 spiro atoms. The number of aromatic nitrogens is 6. The first-order valence-electron chi connectivity index (χ1n) is 9.75. The first-order valence-corrected chi connectivity index (χ1v) is 9.75. The van der Waals surface area contributed by atoms with Crippen LogP contribution in [0, 0.1) is 0 Å². The van der Waals surface area contributed by atoms with Gasteiger partial charge in [0.25, 0.3) is 0 Å². The van der Waals surface area contributed by atoms with E-state index in [0.29, 0.717) is 24.3 Å². The number of rotatable bonds is 6. The van der Waals surface area contributed by atoms with Crippen LogP contribution in [0.4, 0.5) is 25.1 Å². The molecule has 0 amide bonds. The van der Waals surface area contributed by atoms with E-state index < -0.39 is 12.0 Å². The normalized spacial score (nSPS) is 13.9. The Morgan fingerprint density at radius 2 is 1.83 bits per heavy atom. The second kappa shape index (κ2) is 8.25. The summed E-state index contributed by atoms with van der Waals surface area (Å²) in [6, 6.07) is 9.49. The van der Waals surface area contributed by atoms with E-state index in [0.717, 1.165) is 29.5 Å². The molecular formula is C19H21F3N8. The lowest BCUT2D eigenvalue weighted by Crippen LogP contribution is -2.36. The second-order valence-electron chi connectivity index (χ2n) is 6.94. The van der Waals surface area contributed by atoms with Gasteiger partial charge in [-0.3, -0.25) is 0 Å². The Balaban J connectivity index is 1.64. The summed E-state index contributed by atoms with van der Waals surface area (Å²) in [6.07, 6.45) is -2.54. The number of nitrogens with zero attached hydrogens (tertiary/aromatic N) is 7. The molecule has 158 valence electrons. The van der Waals surface area contributed by atoms with Crippen LogP contribution in [-0.4, -0.2) is 42.8 Å². The Morgan fingerprint density at radius 1 is 1.03 bits per heavy atom. The van der Waals surface area contributed by atoms with Gasteiger partial charge in [0.1, 0.15) is 0 Å². The lowest BCUT2D eigenvalue weighted by molar-refractivity contribution is -0.147. The van der Waals surface area contributed by atoms with E-state index in [1.807, 2.05) is 30.3 Å². The van der Waals surface area contributed by atoms with Crippen LogP contribution in [0.2, 0.25) is 0 Å². The van der Waals surface area contributed by atoms with E-state index >= 15 is 0 Å². The summed E-state index contributed by atoms with van der Waals surface area (Å²) in [7, 11) is 0. The molecule has 0 saturated heterocycles. The summed E-state index contributed by atoms with van der Waals surface area (Å²) >= 11 is 0. The Kier molecular flexibility index (Phi) is 5.51. The molecule has 1 aliphatic rings. The minimum absolute atomic E-state index is 0.0993. The van der Waals surface area contributed by atoms with E-state index in [4.69, 9.17) is 0 Å². The van der Waals surface area contributed by atoms with E-state index in [1.54, 1.807) is 4.90 Å². The third kappa shape index (κ3) is 4.19. The van der Waals surface area contributed by atoms with Gasteiger partial charge in [0, 0.05) is 25.2 Å². The highest BCUT2D eigenvalue weighted by Crippen LogP contribution is 2.30. The van der Waals surface area contributed by atoms with Crippen molar-refractivity contribution < 1.29 is 13.2 Å². The molecule has 3 heterocycles. The monoisotopic (exact) mass is 418 g/mol. The maximum atomic E-state index is 13.1. The third-order valence-corrected chi connectivity index (χ3v) is 4.76. The molecule has 11 heteroatoms. The fourth-order valence-electron chi connectivity index (χ4n) is 3.22.